The third kappa shape index (κ3) is 2.74. The zero-order valence-electron chi connectivity index (χ0n) is 10.1. The molecule has 1 saturated carbocycles. The smallest absolute Gasteiger partial charge is 0.309 e. The van der Waals surface area contributed by atoms with Crippen LogP contribution in [0, 0.1) is 12.8 Å². The Balaban J connectivity index is 2.10. The lowest BCUT2D eigenvalue weighted by molar-refractivity contribution is -0.144. The van der Waals surface area contributed by atoms with Gasteiger partial charge in [0, 0.05) is 5.92 Å². The van der Waals surface area contributed by atoms with E-state index in [4.69, 9.17) is 4.74 Å². The first kappa shape index (κ1) is 12.3. The molecule has 0 amide bonds. The average molecular weight is 253 g/mol. The summed E-state index contributed by atoms with van der Waals surface area (Å²) in [6, 6.07) is 0. The highest BCUT2D eigenvalue weighted by Crippen LogP contribution is 2.46. The number of nitrogens with zero attached hydrogens (tertiary/aromatic N) is 3. The lowest BCUT2D eigenvalue weighted by Gasteiger charge is -2.03. The van der Waals surface area contributed by atoms with Crippen molar-refractivity contribution in [3.63, 3.8) is 0 Å². The maximum absolute atomic E-state index is 11.5. The predicted octanol–water partition coefficient (Wildman–Crippen LogP) is 1.57. The van der Waals surface area contributed by atoms with E-state index in [1.807, 2.05) is 20.1 Å². The molecule has 0 unspecified atom stereocenters. The average Bonchev–Trinajstić information content (AvgIpc) is 3.08. The third-order valence-corrected chi connectivity index (χ3v) is 3.19. The van der Waals surface area contributed by atoms with E-state index in [1.165, 1.54) is 11.8 Å². The number of ether oxygens (including phenoxy) is 1. The first-order valence-electron chi connectivity index (χ1n) is 5.59. The monoisotopic (exact) mass is 253 g/mol. The van der Waals surface area contributed by atoms with Gasteiger partial charge in [-0.25, -0.2) is 15.0 Å². The van der Waals surface area contributed by atoms with Gasteiger partial charge in [0.15, 0.2) is 5.16 Å². The second-order valence-electron chi connectivity index (χ2n) is 3.93. The van der Waals surface area contributed by atoms with Crippen LogP contribution >= 0.6 is 11.8 Å². The number of hydrogen-bond donors (Lipinski definition) is 0. The molecule has 0 saturated heterocycles. The highest BCUT2D eigenvalue weighted by Gasteiger charge is 2.47. The van der Waals surface area contributed by atoms with Gasteiger partial charge in [-0.3, -0.25) is 4.79 Å². The topological polar surface area (TPSA) is 65.0 Å². The number of aryl methyl sites for hydroxylation is 1. The Bertz CT molecular complexity index is 439. The Morgan fingerprint density at radius 2 is 2.24 bits per heavy atom. The molecule has 1 heterocycles. The van der Waals surface area contributed by atoms with Crippen molar-refractivity contribution in [1.29, 1.82) is 0 Å². The van der Waals surface area contributed by atoms with Gasteiger partial charge in [-0.2, -0.15) is 0 Å². The summed E-state index contributed by atoms with van der Waals surface area (Å²) in [6.45, 7) is 4.08. The van der Waals surface area contributed by atoms with Gasteiger partial charge < -0.3 is 4.74 Å². The van der Waals surface area contributed by atoms with Crippen LogP contribution in [0.25, 0.3) is 0 Å². The van der Waals surface area contributed by atoms with E-state index in [0.717, 1.165) is 12.2 Å². The minimum absolute atomic E-state index is 0.0635. The maximum atomic E-state index is 11.5. The zero-order chi connectivity index (χ0) is 12.4. The number of hydrogen-bond acceptors (Lipinski definition) is 6. The van der Waals surface area contributed by atoms with Gasteiger partial charge in [0.2, 0.25) is 0 Å². The lowest BCUT2D eigenvalue weighted by atomic mass is 10.3. The van der Waals surface area contributed by atoms with Crippen LogP contribution in [0.4, 0.5) is 0 Å². The normalized spacial score (nSPS) is 22.3. The van der Waals surface area contributed by atoms with E-state index in [0.29, 0.717) is 17.6 Å². The highest BCUT2D eigenvalue weighted by molar-refractivity contribution is 7.98. The number of carbonyl (C=O) groups is 1. The van der Waals surface area contributed by atoms with Gasteiger partial charge >= 0.3 is 5.97 Å². The molecule has 1 aliphatic rings. The van der Waals surface area contributed by atoms with Crippen LogP contribution in [0.1, 0.15) is 30.9 Å². The first-order chi connectivity index (χ1) is 8.15. The SMILES string of the molecule is CCOC(=O)[C@H]1C[C@@H]1c1nc(C)nc(SC)n1. The Labute approximate surface area is 104 Å². The van der Waals surface area contributed by atoms with E-state index >= 15 is 0 Å². The lowest BCUT2D eigenvalue weighted by Crippen LogP contribution is -2.09. The Morgan fingerprint density at radius 1 is 1.47 bits per heavy atom. The predicted molar refractivity (Wildman–Crippen MR) is 63.8 cm³/mol. The summed E-state index contributed by atoms with van der Waals surface area (Å²) in [6.07, 6.45) is 2.71. The molecule has 5 nitrogen and oxygen atoms in total. The highest BCUT2D eigenvalue weighted by atomic mass is 32.2. The Morgan fingerprint density at radius 3 is 2.88 bits per heavy atom. The molecule has 2 rings (SSSR count). The maximum Gasteiger partial charge on any atom is 0.309 e. The summed E-state index contributed by atoms with van der Waals surface area (Å²) in [5.41, 5.74) is 0. The summed E-state index contributed by atoms with van der Waals surface area (Å²) >= 11 is 1.48. The molecule has 0 bridgehead atoms. The van der Waals surface area contributed by atoms with Crippen molar-refractivity contribution in [3.8, 4) is 0 Å². The molecule has 92 valence electrons. The van der Waals surface area contributed by atoms with Crippen LogP contribution in [0.3, 0.4) is 0 Å². The summed E-state index contributed by atoms with van der Waals surface area (Å²) in [4.78, 5) is 24.4. The molecule has 0 aliphatic heterocycles. The largest absolute Gasteiger partial charge is 0.466 e. The van der Waals surface area contributed by atoms with Gasteiger partial charge in [-0.05, 0) is 26.5 Å². The van der Waals surface area contributed by atoms with E-state index in [9.17, 15) is 4.79 Å². The quantitative estimate of drug-likeness (QED) is 0.599. The number of aromatic nitrogens is 3. The van der Waals surface area contributed by atoms with Gasteiger partial charge in [0.25, 0.3) is 0 Å². The second kappa shape index (κ2) is 5.00. The zero-order valence-corrected chi connectivity index (χ0v) is 11.0. The van der Waals surface area contributed by atoms with Crippen LogP contribution in [0.2, 0.25) is 0 Å². The number of esters is 1. The fourth-order valence-electron chi connectivity index (χ4n) is 1.72. The van der Waals surface area contributed by atoms with Crippen molar-refractivity contribution in [2.24, 2.45) is 5.92 Å². The number of carbonyl (C=O) groups excluding carboxylic acids is 1. The molecule has 1 aromatic rings. The van der Waals surface area contributed by atoms with Crippen LogP contribution in [-0.2, 0) is 9.53 Å². The third-order valence-electron chi connectivity index (χ3n) is 2.64. The Kier molecular flexibility index (Phi) is 3.61. The van der Waals surface area contributed by atoms with Crippen molar-refractivity contribution < 1.29 is 9.53 Å². The summed E-state index contributed by atoms with van der Waals surface area (Å²) in [7, 11) is 0. The van der Waals surface area contributed by atoms with Crippen LogP contribution in [-0.4, -0.2) is 33.8 Å². The summed E-state index contributed by atoms with van der Waals surface area (Å²) in [5.74, 6) is 1.34. The van der Waals surface area contributed by atoms with Gasteiger partial charge in [0.1, 0.15) is 11.6 Å². The van der Waals surface area contributed by atoms with Gasteiger partial charge in [0.05, 0.1) is 12.5 Å². The van der Waals surface area contributed by atoms with Crippen LogP contribution < -0.4 is 0 Å². The van der Waals surface area contributed by atoms with Crippen molar-refractivity contribution >= 4 is 17.7 Å². The van der Waals surface area contributed by atoms with E-state index in [-0.39, 0.29) is 17.8 Å². The van der Waals surface area contributed by atoms with Crippen LogP contribution in [0.15, 0.2) is 5.16 Å². The summed E-state index contributed by atoms with van der Waals surface area (Å²) < 4.78 is 4.99. The molecular weight excluding hydrogens is 238 g/mol. The van der Waals surface area contributed by atoms with Crippen molar-refractivity contribution in [2.75, 3.05) is 12.9 Å². The molecule has 1 aromatic heterocycles. The molecule has 0 N–H and O–H groups in total. The number of rotatable bonds is 4. The van der Waals surface area contributed by atoms with Crippen LogP contribution in [0.5, 0.6) is 0 Å². The van der Waals surface area contributed by atoms with Crippen molar-refractivity contribution in [3.05, 3.63) is 11.6 Å². The second-order valence-corrected chi connectivity index (χ2v) is 4.70. The van der Waals surface area contributed by atoms with Gasteiger partial charge in [-0.15, -0.1) is 0 Å². The Hall–Kier alpha value is -1.17. The minimum Gasteiger partial charge on any atom is -0.466 e. The minimum atomic E-state index is -0.138. The molecule has 0 aromatic carbocycles. The van der Waals surface area contributed by atoms with E-state index in [2.05, 4.69) is 15.0 Å². The van der Waals surface area contributed by atoms with E-state index in [1.54, 1.807) is 0 Å². The molecule has 17 heavy (non-hydrogen) atoms. The molecular formula is C11H15N3O2S. The summed E-state index contributed by atoms with van der Waals surface area (Å²) in [5, 5.41) is 0.710. The molecule has 6 heteroatoms. The molecule has 0 spiro atoms. The van der Waals surface area contributed by atoms with E-state index < -0.39 is 0 Å². The molecule has 1 fully saturated rings. The molecule has 1 aliphatic carbocycles. The van der Waals surface area contributed by atoms with Crippen molar-refractivity contribution in [1.82, 2.24) is 15.0 Å². The fraction of sp³-hybridized carbons (Fsp3) is 0.636. The van der Waals surface area contributed by atoms with Crippen molar-refractivity contribution in [2.45, 2.75) is 31.3 Å². The first-order valence-corrected chi connectivity index (χ1v) is 6.81. The molecule has 2 atom stereocenters. The number of thioether (sulfide) groups is 1. The van der Waals surface area contributed by atoms with Gasteiger partial charge in [-0.1, -0.05) is 11.8 Å². The fourth-order valence-corrected chi connectivity index (χ4v) is 2.13. The molecule has 0 radical (unpaired) electrons. The standard InChI is InChI=1S/C11H15N3O2S/c1-4-16-10(15)8-5-7(8)9-12-6(2)13-11(14-9)17-3/h7-8H,4-5H2,1-3H3/t7-,8-/m0/s1.